The van der Waals surface area contributed by atoms with Gasteiger partial charge in [-0.05, 0) is 56.7 Å². The van der Waals surface area contributed by atoms with E-state index in [0.717, 1.165) is 18.5 Å². The van der Waals surface area contributed by atoms with Crippen LogP contribution < -0.4 is 5.32 Å². The number of hydrogen-bond acceptors (Lipinski definition) is 2. The fourth-order valence-electron chi connectivity index (χ4n) is 2.68. The lowest BCUT2D eigenvalue weighted by atomic mass is 9.83. The molecule has 2 atom stereocenters. The van der Waals surface area contributed by atoms with E-state index in [-0.39, 0.29) is 0 Å². The molecule has 2 rings (SSSR count). The zero-order valence-electron chi connectivity index (χ0n) is 10.1. The number of halogens is 2. The molecule has 0 amide bonds. The third-order valence-corrected chi connectivity index (χ3v) is 6.92. The zero-order chi connectivity index (χ0) is 12.3. The minimum absolute atomic E-state index is 0.730. The molecule has 0 aliphatic heterocycles. The van der Waals surface area contributed by atoms with Crippen LogP contribution in [0.1, 0.15) is 43.9 Å². The summed E-state index contributed by atoms with van der Waals surface area (Å²) in [5, 5.41) is 3.75. The molecule has 1 heterocycles. The average molecular weight is 381 g/mol. The van der Waals surface area contributed by atoms with Crippen molar-refractivity contribution in [3.8, 4) is 0 Å². The Morgan fingerprint density at radius 1 is 1.35 bits per heavy atom. The standard InChI is InChI=1S/C13H19Br2NS/c1-2-9-5-3-4-6-12(9)16-8-10-7-11(14)13(15)17-10/h7,9,12,16H,2-6,8H2,1H3. The van der Waals surface area contributed by atoms with E-state index in [0.29, 0.717) is 0 Å². The van der Waals surface area contributed by atoms with E-state index in [2.05, 4.69) is 50.2 Å². The van der Waals surface area contributed by atoms with Crippen molar-refractivity contribution in [2.75, 3.05) is 0 Å². The van der Waals surface area contributed by atoms with Crippen molar-refractivity contribution in [2.24, 2.45) is 5.92 Å². The maximum atomic E-state index is 3.75. The molecule has 4 heteroatoms. The summed E-state index contributed by atoms with van der Waals surface area (Å²) in [6.07, 6.45) is 6.90. The summed E-state index contributed by atoms with van der Waals surface area (Å²) in [5.41, 5.74) is 0. The van der Waals surface area contributed by atoms with Crippen LogP contribution in [-0.4, -0.2) is 6.04 Å². The predicted molar refractivity (Wildman–Crippen MR) is 82.6 cm³/mol. The van der Waals surface area contributed by atoms with Crippen LogP contribution in [0.15, 0.2) is 14.3 Å². The van der Waals surface area contributed by atoms with Gasteiger partial charge < -0.3 is 5.32 Å². The molecule has 17 heavy (non-hydrogen) atoms. The third kappa shape index (κ3) is 3.79. The Bertz CT molecular complexity index is 345. The Labute approximate surface area is 125 Å². The highest BCUT2D eigenvalue weighted by atomic mass is 79.9. The Morgan fingerprint density at radius 3 is 2.76 bits per heavy atom. The predicted octanol–water partition coefficient (Wildman–Crippen LogP) is 5.33. The molecule has 0 bridgehead atoms. The molecular formula is C13H19Br2NS. The first-order valence-corrected chi connectivity index (χ1v) is 8.78. The van der Waals surface area contributed by atoms with Crippen LogP contribution in [0.5, 0.6) is 0 Å². The second-order valence-electron chi connectivity index (χ2n) is 4.77. The van der Waals surface area contributed by atoms with Gasteiger partial charge in [0.25, 0.3) is 0 Å². The van der Waals surface area contributed by atoms with Gasteiger partial charge in [-0.3, -0.25) is 0 Å². The van der Waals surface area contributed by atoms with Crippen LogP contribution in [0.4, 0.5) is 0 Å². The maximum absolute atomic E-state index is 3.75. The van der Waals surface area contributed by atoms with Gasteiger partial charge in [-0.15, -0.1) is 11.3 Å². The van der Waals surface area contributed by atoms with Gasteiger partial charge in [0.2, 0.25) is 0 Å². The van der Waals surface area contributed by atoms with Crippen molar-refractivity contribution in [1.29, 1.82) is 0 Å². The van der Waals surface area contributed by atoms with Crippen LogP contribution in [-0.2, 0) is 6.54 Å². The van der Waals surface area contributed by atoms with E-state index in [9.17, 15) is 0 Å². The Balaban J connectivity index is 1.88. The van der Waals surface area contributed by atoms with Crippen LogP contribution in [0, 0.1) is 5.92 Å². The molecule has 1 fully saturated rings. The summed E-state index contributed by atoms with van der Waals surface area (Å²) in [7, 11) is 0. The molecule has 1 N–H and O–H groups in total. The van der Waals surface area contributed by atoms with Crippen molar-refractivity contribution in [3.05, 3.63) is 19.2 Å². The topological polar surface area (TPSA) is 12.0 Å². The number of rotatable bonds is 4. The monoisotopic (exact) mass is 379 g/mol. The Morgan fingerprint density at radius 2 is 2.12 bits per heavy atom. The van der Waals surface area contributed by atoms with E-state index >= 15 is 0 Å². The van der Waals surface area contributed by atoms with Crippen LogP contribution in [0.3, 0.4) is 0 Å². The summed E-state index contributed by atoms with van der Waals surface area (Å²) in [6, 6.07) is 2.94. The van der Waals surface area contributed by atoms with Crippen molar-refractivity contribution in [1.82, 2.24) is 5.32 Å². The summed E-state index contributed by atoms with van der Waals surface area (Å²) < 4.78 is 2.37. The maximum Gasteiger partial charge on any atom is 0.0843 e. The van der Waals surface area contributed by atoms with Gasteiger partial charge in [0.1, 0.15) is 0 Å². The zero-order valence-corrected chi connectivity index (χ0v) is 14.1. The van der Waals surface area contributed by atoms with Crippen molar-refractivity contribution in [2.45, 2.75) is 51.6 Å². The van der Waals surface area contributed by atoms with Gasteiger partial charge in [0.15, 0.2) is 0 Å². The lowest BCUT2D eigenvalue weighted by molar-refractivity contribution is 0.255. The fraction of sp³-hybridized carbons (Fsp3) is 0.692. The molecule has 2 unspecified atom stereocenters. The van der Waals surface area contributed by atoms with Gasteiger partial charge in [-0.2, -0.15) is 0 Å². The lowest BCUT2D eigenvalue weighted by Crippen LogP contribution is -2.37. The van der Waals surface area contributed by atoms with Crippen LogP contribution in [0.25, 0.3) is 0 Å². The van der Waals surface area contributed by atoms with E-state index < -0.39 is 0 Å². The van der Waals surface area contributed by atoms with Crippen LogP contribution in [0.2, 0.25) is 0 Å². The van der Waals surface area contributed by atoms with E-state index in [1.54, 1.807) is 0 Å². The highest BCUT2D eigenvalue weighted by Crippen LogP contribution is 2.33. The van der Waals surface area contributed by atoms with Gasteiger partial charge >= 0.3 is 0 Å². The van der Waals surface area contributed by atoms with Gasteiger partial charge in [-0.25, -0.2) is 0 Å². The minimum Gasteiger partial charge on any atom is -0.309 e. The first-order chi connectivity index (χ1) is 8.20. The second kappa shape index (κ2) is 6.69. The molecule has 1 aromatic rings. The molecule has 1 nitrogen and oxygen atoms in total. The molecule has 1 aromatic heterocycles. The van der Waals surface area contributed by atoms with Crippen molar-refractivity contribution >= 4 is 43.2 Å². The molecule has 0 saturated heterocycles. The first-order valence-electron chi connectivity index (χ1n) is 6.37. The third-order valence-electron chi connectivity index (χ3n) is 3.67. The Kier molecular flexibility index (Phi) is 5.52. The highest BCUT2D eigenvalue weighted by molar-refractivity contribution is 9.13. The normalized spacial score (nSPS) is 25.1. The van der Waals surface area contributed by atoms with Crippen LogP contribution >= 0.6 is 43.2 Å². The summed E-state index contributed by atoms with van der Waals surface area (Å²) in [5.74, 6) is 0.885. The summed E-state index contributed by atoms with van der Waals surface area (Å²) in [4.78, 5) is 1.41. The van der Waals surface area contributed by atoms with Gasteiger partial charge in [0.05, 0.1) is 3.79 Å². The van der Waals surface area contributed by atoms with Crippen molar-refractivity contribution < 1.29 is 0 Å². The second-order valence-corrected chi connectivity index (χ2v) is 8.08. The van der Waals surface area contributed by atoms with Gasteiger partial charge in [-0.1, -0.05) is 26.2 Å². The Hall–Kier alpha value is 0.620. The van der Waals surface area contributed by atoms with E-state index in [4.69, 9.17) is 0 Å². The molecular weight excluding hydrogens is 362 g/mol. The SMILES string of the molecule is CCC1CCCCC1NCc1cc(Br)c(Br)s1. The summed E-state index contributed by atoms with van der Waals surface area (Å²) in [6.45, 7) is 3.33. The minimum atomic E-state index is 0.730. The molecule has 1 aliphatic rings. The molecule has 0 aromatic carbocycles. The largest absolute Gasteiger partial charge is 0.309 e. The molecule has 96 valence electrons. The molecule has 0 radical (unpaired) electrons. The average Bonchev–Trinajstić information content (AvgIpc) is 2.66. The molecule has 1 aliphatic carbocycles. The quantitative estimate of drug-likeness (QED) is 0.743. The number of thiophene rings is 1. The first kappa shape index (κ1) is 14.0. The van der Waals surface area contributed by atoms with Gasteiger partial charge in [0, 0.05) is 21.9 Å². The van der Waals surface area contributed by atoms with Crippen molar-refractivity contribution in [3.63, 3.8) is 0 Å². The highest BCUT2D eigenvalue weighted by Gasteiger charge is 2.23. The summed E-state index contributed by atoms with van der Waals surface area (Å²) >= 11 is 8.91. The van der Waals surface area contributed by atoms with E-state index in [1.165, 1.54) is 45.2 Å². The lowest BCUT2D eigenvalue weighted by Gasteiger charge is -2.31. The smallest absolute Gasteiger partial charge is 0.0843 e. The number of hydrogen-bond donors (Lipinski definition) is 1. The molecule has 1 saturated carbocycles. The van der Waals surface area contributed by atoms with E-state index in [1.807, 2.05) is 11.3 Å². The number of nitrogens with one attached hydrogen (secondary N) is 1. The molecule has 0 spiro atoms. The fourth-order valence-corrected chi connectivity index (χ4v) is 4.80.